The Hall–Kier alpha value is 0.605. The quantitative estimate of drug-likeness (QED) is 0.398. The third-order valence-electron chi connectivity index (χ3n) is 0. The summed E-state index contributed by atoms with van der Waals surface area (Å²) in [7, 11) is 0. The van der Waals surface area contributed by atoms with Crippen molar-refractivity contribution in [3.63, 3.8) is 0 Å². The van der Waals surface area contributed by atoms with E-state index in [1.807, 2.05) is 0 Å². The molecule has 0 rings (SSSR count). The summed E-state index contributed by atoms with van der Waals surface area (Å²) in [5, 5.41) is 0. The summed E-state index contributed by atoms with van der Waals surface area (Å²) in [5.41, 5.74) is 0. The van der Waals surface area contributed by atoms with Crippen LogP contribution in [-0.4, -0.2) is 36.5 Å². The Bertz CT molecular complexity index is 26.5. The van der Waals surface area contributed by atoms with Crippen LogP contribution in [0.25, 0.3) is 0 Å². The molecule has 0 aliphatic heterocycles. The van der Waals surface area contributed by atoms with Crippen molar-refractivity contribution in [1.82, 2.24) is 0 Å². The van der Waals surface area contributed by atoms with Crippen LogP contribution >= 0.6 is 0 Å². The second-order valence-corrected chi connectivity index (χ2v) is 1.48. The molecule has 2 N–H and O–H groups in total. The first-order valence-electron chi connectivity index (χ1n) is 1.31. The van der Waals surface area contributed by atoms with E-state index in [0.717, 1.165) is 0 Å². The van der Waals surface area contributed by atoms with Crippen molar-refractivity contribution in [3.8, 4) is 0 Å². The van der Waals surface area contributed by atoms with E-state index in [0.29, 0.717) is 0 Å². The summed E-state index contributed by atoms with van der Waals surface area (Å²) in [6.45, 7) is 0. The molecule has 0 fully saturated rings. The molecule has 0 amide bonds. The van der Waals surface area contributed by atoms with Crippen molar-refractivity contribution in [3.05, 3.63) is 0 Å². The van der Waals surface area contributed by atoms with E-state index < -0.39 is 31.1 Å². The molecule has 0 atom stereocenters. The number of hydrogen-bond donors (Lipinski definition) is 0. The molecule has 1 nitrogen and oxygen atoms in total. The van der Waals surface area contributed by atoms with Gasteiger partial charge in [-0.3, -0.25) is 0 Å². The highest BCUT2D eigenvalue weighted by molar-refractivity contribution is 6.33. The van der Waals surface area contributed by atoms with E-state index in [2.05, 4.69) is 0 Å². The lowest BCUT2D eigenvalue weighted by Gasteiger charge is -1.52. The summed E-state index contributed by atoms with van der Waals surface area (Å²) in [6, 6.07) is 0. The molecule has 0 saturated carbocycles. The molecule has 9 heavy (non-hydrogen) atoms. The predicted molar refractivity (Wildman–Crippen MR) is 21.8 cm³/mol. The molecule has 56 valence electrons. The van der Waals surface area contributed by atoms with Gasteiger partial charge in [0.05, 0.1) is 0 Å². The van der Waals surface area contributed by atoms with Gasteiger partial charge in [0.1, 0.15) is 0 Å². The number of hydrogen-bond acceptors (Lipinski definition) is 0. The van der Waals surface area contributed by atoms with Gasteiger partial charge in [-0.05, 0) is 0 Å². The molecule has 0 heterocycles. The topological polar surface area (TPSA) is 31.5 Å². The van der Waals surface area contributed by atoms with Gasteiger partial charge in [-0.2, -0.15) is 0 Å². The van der Waals surface area contributed by atoms with Gasteiger partial charge in [-0.1, -0.05) is 0 Å². The fourth-order valence-corrected chi connectivity index (χ4v) is 0. The van der Waals surface area contributed by atoms with Crippen molar-refractivity contribution >= 4 is 31.1 Å². The molecule has 0 aliphatic rings. The minimum Gasteiger partial charge on any atom is -0.412 e. The Morgan fingerprint density at radius 3 is 0.556 bits per heavy atom. The average Bonchev–Trinajstić information content (AvgIpc) is 1.25. The summed E-state index contributed by atoms with van der Waals surface area (Å²) < 4.78 is 58.8. The first kappa shape index (κ1) is 16.3. The van der Waals surface area contributed by atoms with Gasteiger partial charge >= 0.3 is 31.1 Å². The molecule has 0 aromatic carbocycles. The van der Waals surface area contributed by atoms with Crippen molar-refractivity contribution in [2.75, 3.05) is 0 Å². The van der Waals surface area contributed by atoms with Crippen LogP contribution in [0.3, 0.4) is 0 Å². The first-order valence-corrected chi connectivity index (χ1v) is 3.93. The minimum atomic E-state index is -4.64. The molecular weight excluding hydrogens is 184 g/mol. The molecule has 0 radical (unpaired) electrons. The van der Waals surface area contributed by atoms with Crippen molar-refractivity contribution in [2.45, 2.75) is 0 Å². The Balaban J connectivity index is -0.0000000720. The van der Waals surface area contributed by atoms with Gasteiger partial charge in [0.15, 0.2) is 0 Å². The molecule has 0 aromatic heterocycles. The Kier molecular flexibility index (Phi) is 20.7. The summed E-state index contributed by atoms with van der Waals surface area (Å²) >= 11 is -9.28. The highest BCUT2D eigenvalue weighted by atomic mass is 27.3. The SMILES string of the molecule is O.[F][Al]([F])[F].[F][Al]([F])[F]. The van der Waals surface area contributed by atoms with Crippen molar-refractivity contribution < 1.29 is 26.6 Å². The molecule has 0 aromatic rings. The van der Waals surface area contributed by atoms with Crippen LogP contribution in [0.1, 0.15) is 0 Å². The lowest BCUT2D eigenvalue weighted by atomic mass is 16.0. The maximum Gasteiger partial charge on any atom is 1.04 e. The zero-order chi connectivity index (χ0) is 7.15. The summed E-state index contributed by atoms with van der Waals surface area (Å²) in [6.07, 6.45) is 0. The molecule has 0 aliphatic carbocycles. The zero-order valence-electron chi connectivity index (χ0n) is 3.92. The van der Waals surface area contributed by atoms with Gasteiger partial charge in [-0.25, -0.2) is 0 Å². The summed E-state index contributed by atoms with van der Waals surface area (Å²) in [5.74, 6) is 0. The maximum atomic E-state index is 9.81. The Labute approximate surface area is 58.2 Å². The lowest BCUT2D eigenvalue weighted by Crippen LogP contribution is -1.76. The molecular formula is H2Al2F6O. The van der Waals surface area contributed by atoms with Gasteiger partial charge < -0.3 is 26.6 Å². The van der Waals surface area contributed by atoms with E-state index in [-0.39, 0.29) is 5.48 Å². The largest absolute Gasteiger partial charge is 1.04 e. The maximum absolute atomic E-state index is 9.81. The fourth-order valence-electron chi connectivity index (χ4n) is 0. The van der Waals surface area contributed by atoms with Crippen LogP contribution in [0.15, 0.2) is 0 Å². The van der Waals surface area contributed by atoms with Gasteiger partial charge in [0.25, 0.3) is 0 Å². The molecule has 9 heteroatoms. The van der Waals surface area contributed by atoms with E-state index in [9.17, 15) is 21.1 Å². The number of rotatable bonds is 0. The van der Waals surface area contributed by atoms with Crippen LogP contribution < -0.4 is 0 Å². The van der Waals surface area contributed by atoms with Crippen LogP contribution in [0.4, 0.5) is 21.1 Å². The predicted octanol–water partition coefficient (Wildman–Crippen LogP) is 0.935. The smallest absolute Gasteiger partial charge is 0.412 e. The molecule has 0 unspecified atom stereocenters. The molecule has 0 saturated heterocycles. The molecule has 0 bridgehead atoms. The highest BCUT2D eigenvalue weighted by Crippen LogP contribution is 1.80. The van der Waals surface area contributed by atoms with Gasteiger partial charge in [0.2, 0.25) is 0 Å². The lowest BCUT2D eigenvalue weighted by molar-refractivity contribution is 0.533. The third-order valence-corrected chi connectivity index (χ3v) is 0. The van der Waals surface area contributed by atoms with Crippen LogP contribution in [0, 0.1) is 0 Å². The first-order chi connectivity index (χ1) is 3.46. The van der Waals surface area contributed by atoms with Crippen molar-refractivity contribution in [1.29, 1.82) is 0 Å². The van der Waals surface area contributed by atoms with E-state index >= 15 is 0 Å². The fraction of sp³-hybridized carbons (Fsp3) is 0. The van der Waals surface area contributed by atoms with Crippen LogP contribution in [0.5, 0.6) is 0 Å². The van der Waals surface area contributed by atoms with E-state index in [1.165, 1.54) is 0 Å². The minimum absolute atomic E-state index is 0. The van der Waals surface area contributed by atoms with E-state index in [1.54, 1.807) is 0 Å². The average molecular weight is 186 g/mol. The van der Waals surface area contributed by atoms with E-state index in [4.69, 9.17) is 0 Å². The standard InChI is InChI=1S/2Al.6FH.H2O/h;;6*1H;1H2/q2*+3;;;;;;;/p-6. The zero-order valence-corrected chi connectivity index (χ0v) is 6.23. The monoisotopic (exact) mass is 186 g/mol. The second kappa shape index (κ2) is 11.4. The summed E-state index contributed by atoms with van der Waals surface area (Å²) in [4.78, 5) is 0. The second-order valence-electron chi connectivity index (χ2n) is 0.495. The Morgan fingerprint density at radius 1 is 0.556 bits per heavy atom. The third kappa shape index (κ3) is 1030. The highest BCUT2D eigenvalue weighted by Gasteiger charge is 2.22. The molecule has 0 spiro atoms. The van der Waals surface area contributed by atoms with Gasteiger partial charge in [0, 0.05) is 0 Å². The van der Waals surface area contributed by atoms with Gasteiger partial charge in [-0.15, -0.1) is 0 Å². The normalized spacial score (nSPS) is 6.00. The number of halogens is 6. The van der Waals surface area contributed by atoms with Crippen LogP contribution in [-0.2, 0) is 0 Å². The Morgan fingerprint density at radius 2 is 0.556 bits per heavy atom. The van der Waals surface area contributed by atoms with Crippen LogP contribution in [0.2, 0.25) is 0 Å². The van der Waals surface area contributed by atoms with Crippen molar-refractivity contribution in [2.24, 2.45) is 0 Å².